The molecular formula is C44H55NO6S2. The number of thioether (sulfide) groups is 2. The number of fused-ring (bicyclic) bond motifs is 2. The van der Waals surface area contributed by atoms with Gasteiger partial charge in [-0.15, -0.1) is 30.1 Å². The highest BCUT2D eigenvalue weighted by Gasteiger charge is 2.64. The lowest BCUT2D eigenvalue weighted by Crippen LogP contribution is -2.64. The maximum atomic E-state index is 9.90. The highest BCUT2D eigenvalue weighted by molar-refractivity contribution is 8.00. The molecule has 53 heavy (non-hydrogen) atoms. The summed E-state index contributed by atoms with van der Waals surface area (Å²) >= 11 is 3.47. The zero-order valence-corrected chi connectivity index (χ0v) is 33.2. The molecule has 1 heterocycles. The minimum absolute atomic E-state index is 0.0113. The second-order valence-electron chi connectivity index (χ2n) is 15.2. The van der Waals surface area contributed by atoms with Gasteiger partial charge in [0.05, 0.1) is 23.5 Å². The predicted molar refractivity (Wildman–Crippen MR) is 216 cm³/mol. The van der Waals surface area contributed by atoms with Crippen molar-refractivity contribution in [3.8, 4) is 17.2 Å². The Kier molecular flexibility index (Phi) is 13.4. The highest BCUT2D eigenvalue weighted by atomic mass is 32.2. The number of oxime groups is 1. The molecule has 284 valence electrons. The van der Waals surface area contributed by atoms with Gasteiger partial charge in [-0.2, -0.15) is 0 Å². The number of aliphatic hydroxyl groups is 2. The monoisotopic (exact) mass is 757 g/mol. The molecule has 1 fully saturated rings. The number of hydrogen-bond donors (Lipinski definition) is 2. The van der Waals surface area contributed by atoms with Crippen molar-refractivity contribution in [2.24, 2.45) is 22.9 Å². The summed E-state index contributed by atoms with van der Waals surface area (Å²) in [6, 6.07) is 24.8. The van der Waals surface area contributed by atoms with Crippen LogP contribution in [0.4, 0.5) is 0 Å². The quantitative estimate of drug-likeness (QED) is 0.0609. The van der Waals surface area contributed by atoms with E-state index in [-0.39, 0.29) is 42.1 Å². The Bertz CT molecular complexity index is 1720. The molecule has 0 amide bonds. The standard InChI is InChI=1S/C44H55NO6S2/c1-6-26-48-44-40(53-34-15-8-7-9-16-34)29-38(45-51-43(2,3)4)36-27-30(14-10-12-24-46)35(17-11-13-25-47)41(42(36)44)37-28-32(20-23-39(37)50-44)49-31-18-21-33(52-5)22-19-31/h6-9,15-16,18-23,27-28,30,35,40-42,46-47H,1,10-14,17,24-26,29H2,2-5H3/t30-,35+,40-,41+,42+,44+/m0/s1. The lowest BCUT2D eigenvalue weighted by molar-refractivity contribution is -0.223. The third-order valence-corrected chi connectivity index (χ3v) is 12.4. The van der Waals surface area contributed by atoms with Gasteiger partial charge >= 0.3 is 0 Å². The summed E-state index contributed by atoms with van der Waals surface area (Å²) in [6.07, 6.45) is 12.1. The number of nitrogens with zero attached hydrogens (tertiary/aromatic N) is 1. The smallest absolute Gasteiger partial charge is 0.231 e. The van der Waals surface area contributed by atoms with Gasteiger partial charge in [-0.3, -0.25) is 0 Å². The highest BCUT2D eigenvalue weighted by Crippen LogP contribution is 2.63. The predicted octanol–water partition coefficient (Wildman–Crippen LogP) is 10.4. The van der Waals surface area contributed by atoms with Crippen LogP contribution in [0.1, 0.15) is 77.2 Å². The van der Waals surface area contributed by atoms with Crippen LogP contribution >= 0.6 is 23.5 Å². The Morgan fingerprint density at radius 3 is 2.32 bits per heavy atom. The Morgan fingerprint density at radius 1 is 0.925 bits per heavy atom. The molecule has 0 aromatic heterocycles. The molecule has 1 aliphatic heterocycles. The van der Waals surface area contributed by atoms with E-state index in [1.54, 1.807) is 29.6 Å². The van der Waals surface area contributed by atoms with Crippen LogP contribution in [0.3, 0.4) is 0 Å². The maximum absolute atomic E-state index is 9.90. The van der Waals surface area contributed by atoms with E-state index in [0.717, 1.165) is 77.5 Å². The summed E-state index contributed by atoms with van der Waals surface area (Å²) in [7, 11) is 0. The van der Waals surface area contributed by atoms with E-state index in [1.165, 1.54) is 4.90 Å². The van der Waals surface area contributed by atoms with Gasteiger partial charge < -0.3 is 29.3 Å². The summed E-state index contributed by atoms with van der Waals surface area (Å²) < 4.78 is 20.9. The molecule has 3 aromatic rings. The van der Waals surface area contributed by atoms with Crippen molar-refractivity contribution < 1.29 is 29.3 Å². The minimum Gasteiger partial charge on any atom is -0.460 e. The van der Waals surface area contributed by atoms with E-state index in [0.29, 0.717) is 13.0 Å². The fourth-order valence-corrected chi connectivity index (χ4v) is 9.84. The Morgan fingerprint density at radius 2 is 1.64 bits per heavy atom. The van der Waals surface area contributed by atoms with Crippen LogP contribution in [0, 0.1) is 17.8 Å². The Labute approximate surface area is 324 Å². The van der Waals surface area contributed by atoms with Crippen molar-refractivity contribution in [1.82, 2.24) is 0 Å². The van der Waals surface area contributed by atoms with Gasteiger partial charge in [0, 0.05) is 40.9 Å². The van der Waals surface area contributed by atoms with E-state index in [9.17, 15) is 10.2 Å². The molecule has 0 unspecified atom stereocenters. The van der Waals surface area contributed by atoms with Gasteiger partial charge in [0.15, 0.2) is 0 Å². The number of benzene rings is 3. The first-order valence-electron chi connectivity index (χ1n) is 19.0. The van der Waals surface area contributed by atoms with Gasteiger partial charge in [-0.05, 0) is 125 Å². The molecular weight excluding hydrogens is 703 g/mol. The molecule has 0 radical (unpaired) electrons. The normalized spacial score (nSPS) is 25.5. The first-order chi connectivity index (χ1) is 25.7. The van der Waals surface area contributed by atoms with Gasteiger partial charge in [0.1, 0.15) is 22.8 Å². The van der Waals surface area contributed by atoms with Crippen LogP contribution in [-0.2, 0) is 9.57 Å². The number of allylic oxidation sites excluding steroid dienone is 1. The molecule has 0 saturated heterocycles. The van der Waals surface area contributed by atoms with Crippen molar-refractivity contribution in [1.29, 1.82) is 0 Å². The number of hydrogen-bond acceptors (Lipinski definition) is 9. The molecule has 0 bridgehead atoms. The zero-order chi connectivity index (χ0) is 37.4. The summed E-state index contributed by atoms with van der Waals surface area (Å²) in [5.41, 5.74) is 2.67. The maximum Gasteiger partial charge on any atom is 0.231 e. The van der Waals surface area contributed by atoms with Gasteiger partial charge in [-0.25, -0.2) is 0 Å². The fraction of sp³-hybridized carbons (Fsp3) is 0.477. The van der Waals surface area contributed by atoms with Crippen LogP contribution < -0.4 is 9.47 Å². The summed E-state index contributed by atoms with van der Waals surface area (Å²) in [4.78, 5) is 8.53. The number of rotatable bonds is 17. The van der Waals surface area contributed by atoms with E-state index in [2.05, 4.69) is 67.4 Å². The van der Waals surface area contributed by atoms with Crippen LogP contribution in [0.2, 0.25) is 0 Å². The van der Waals surface area contributed by atoms with Crippen molar-refractivity contribution in [3.63, 3.8) is 0 Å². The third-order valence-electron chi connectivity index (χ3n) is 10.4. The van der Waals surface area contributed by atoms with Crippen LogP contribution in [0.15, 0.2) is 112 Å². The largest absolute Gasteiger partial charge is 0.460 e. The fourth-order valence-electron chi connectivity index (χ4n) is 8.12. The Balaban J connectivity index is 1.55. The van der Waals surface area contributed by atoms with Crippen molar-refractivity contribution in [2.75, 3.05) is 26.1 Å². The number of unbranched alkanes of at least 4 members (excludes halogenated alkanes) is 2. The third kappa shape index (κ3) is 9.19. The summed E-state index contributed by atoms with van der Waals surface area (Å²) in [6.45, 7) is 10.8. The second-order valence-corrected chi connectivity index (χ2v) is 17.3. The summed E-state index contributed by atoms with van der Waals surface area (Å²) in [5, 5.41) is 24.5. The topological polar surface area (TPSA) is 89.7 Å². The Hall–Kier alpha value is -3.21. The van der Waals surface area contributed by atoms with E-state index in [1.807, 2.05) is 45.0 Å². The van der Waals surface area contributed by atoms with Crippen molar-refractivity contribution in [3.05, 3.63) is 103 Å². The lowest BCUT2D eigenvalue weighted by atomic mass is 9.56. The van der Waals surface area contributed by atoms with Crippen molar-refractivity contribution in [2.45, 2.75) is 98.1 Å². The second kappa shape index (κ2) is 17.9. The van der Waals surface area contributed by atoms with Crippen LogP contribution in [-0.4, -0.2) is 58.6 Å². The van der Waals surface area contributed by atoms with Gasteiger partial charge in [0.2, 0.25) is 5.79 Å². The molecule has 1 saturated carbocycles. The molecule has 6 rings (SSSR count). The van der Waals surface area contributed by atoms with E-state index >= 15 is 0 Å². The molecule has 7 nitrogen and oxygen atoms in total. The lowest BCUT2D eigenvalue weighted by Gasteiger charge is -2.58. The van der Waals surface area contributed by atoms with E-state index < -0.39 is 11.4 Å². The number of ether oxygens (including phenoxy) is 3. The molecule has 6 atom stereocenters. The molecule has 0 spiro atoms. The average Bonchev–Trinajstić information content (AvgIpc) is 3.15. The van der Waals surface area contributed by atoms with Gasteiger partial charge in [-0.1, -0.05) is 48.3 Å². The first kappa shape index (κ1) is 39.5. The molecule has 3 aliphatic rings. The van der Waals surface area contributed by atoms with E-state index in [4.69, 9.17) is 24.2 Å². The number of aliphatic hydroxyl groups excluding tert-OH is 2. The first-order valence-corrected chi connectivity index (χ1v) is 21.1. The molecule has 2 N–H and O–H groups in total. The molecule has 9 heteroatoms. The summed E-state index contributed by atoms with van der Waals surface area (Å²) in [5.74, 6) is 1.49. The van der Waals surface area contributed by atoms with Crippen LogP contribution in [0.25, 0.3) is 0 Å². The molecule has 2 aliphatic carbocycles. The van der Waals surface area contributed by atoms with Gasteiger partial charge in [0.25, 0.3) is 0 Å². The minimum atomic E-state index is -1.04. The van der Waals surface area contributed by atoms with Crippen molar-refractivity contribution >= 4 is 29.2 Å². The molecule has 3 aromatic carbocycles. The van der Waals surface area contributed by atoms with Crippen LogP contribution in [0.5, 0.6) is 17.2 Å². The average molecular weight is 758 g/mol. The SMILES string of the molecule is C=CCO[C@@]12Oc3ccc(Oc4ccc(SC)cc4)cc3[C@H]3[C@H](CCCCO)[C@@H](CCCCO)C=C(C(=NOC(C)(C)C)C[C@@H]1Sc1ccccc1)[C@H]32. The zero-order valence-electron chi connectivity index (χ0n) is 31.5.